The molecule has 0 bridgehead atoms. The zero-order chi connectivity index (χ0) is 27.4. The molecular weight excluding hydrogens is 536 g/mol. The second kappa shape index (κ2) is 12.4. The predicted molar refractivity (Wildman–Crippen MR) is 153 cm³/mol. The summed E-state index contributed by atoms with van der Waals surface area (Å²) >= 11 is 1.50. The van der Waals surface area contributed by atoms with Crippen molar-refractivity contribution in [2.75, 3.05) is 64.5 Å². The molecule has 1 unspecified atom stereocenters. The van der Waals surface area contributed by atoms with Crippen LogP contribution in [0.5, 0.6) is 0 Å². The van der Waals surface area contributed by atoms with Crippen LogP contribution in [0, 0.1) is 6.92 Å². The third-order valence-corrected chi connectivity index (χ3v) is 10.2. The van der Waals surface area contributed by atoms with Crippen molar-refractivity contribution >= 4 is 42.6 Å². The first-order valence-corrected chi connectivity index (χ1v) is 15.7. The minimum absolute atomic E-state index is 0.0749. The number of hydrogen-bond donors (Lipinski definition) is 0. The Bertz CT molecular complexity index is 1380. The average Bonchev–Trinajstić information content (AvgIpc) is 3.62. The van der Waals surface area contributed by atoms with Crippen molar-refractivity contribution in [3.05, 3.63) is 53.6 Å². The number of amides is 1. The molecule has 2 fully saturated rings. The van der Waals surface area contributed by atoms with Crippen LogP contribution in [-0.2, 0) is 19.5 Å². The highest BCUT2D eigenvalue weighted by Gasteiger charge is 2.27. The minimum Gasteiger partial charge on any atom is -0.379 e. The van der Waals surface area contributed by atoms with E-state index in [0.29, 0.717) is 30.4 Å². The number of fused-ring (bicyclic) bond motifs is 1. The lowest BCUT2D eigenvalue weighted by molar-refractivity contribution is 0.0376. The van der Waals surface area contributed by atoms with Gasteiger partial charge in [0.05, 0.1) is 34.4 Å². The number of nitrogens with zero attached hydrogens (tertiary/aromatic N) is 4. The summed E-state index contributed by atoms with van der Waals surface area (Å²) in [5, 5.41) is 0.652. The van der Waals surface area contributed by atoms with Crippen molar-refractivity contribution < 1.29 is 22.7 Å². The van der Waals surface area contributed by atoms with E-state index in [1.165, 1.54) is 27.8 Å². The van der Waals surface area contributed by atoms with Crippen molar-refractivity contribution in [3.8, 4) is 0 Å². The van der Waals surface area contributed by atoms with Gasteiger partial charge >= 0.3 is 0 Å². The van der Waals surface area contributed by atoms with E-state index < -0.39 is 10.0 Å². The Morgan fingerprint density at radius 1 is 1.13 bits per heavy atom. The summed E-state index contributed by atoms with van der Waals surface area (Å²) in [4.78, 5) is 22.9. The van der Waals surface area contributed by atoms with E-state index in [9.17, 15) is 13.2 Å². The van der Waals surface area contributed by atoms with Gasteiger partial charge in [-0.3, -0.25) is 14.6 Å². The first kappa shape index (κ1) is 28.1. The number of likely N-dealkylation sites (N-methyl/N-ethyl adjacent to an activating group) is 1. The molecule has 0 aliphatic carbocycles. The average molecular weight is 573 g/mol. The van der Waals surface area contributed by atoms with Crippen molar-refractivity contribution in [1.82, 2.24) is 14.2 Å². The number of anilines is 1. The number of thiazole rings is 1. The Kier molecular flexibility index (Phi) is 8.95. The van der Waals surface area contributed by atoms with Crippen molar-refractivity contribution in [2.24, 2.45) is 0 Å². The van der Waals surface area contributed by atoms with Crippen molar-refractivity contribution in [3.63, 3.8) is 0 Å². The monoisotopic (exact) mass is 572 g/mol. The highest BCUT2D eigenvalue weighted by atomic mass is 32.2. The summed E-state index contributed by atoms with van der Waals surface area (Å²) in [5.41, 5.74) is 2.40. The summed E-state index contributed by atoms with van der Waals surface area (Å²) < 4.78 is 39.7. The summed E-state index contributed by atoms with van der Waals surface area (Å²) in [6.45, 7) is 7.65. The van der Waals surface area contributed by atoms with Gasteiger partial charge in [0.15, 0.2) is 5.13 Å². The van der Waals surface area contributed by atoms with E-state index in [2.05, 4.69) is 4.90 Å². The molecule has 1 amide bonds. The van der Waals surface area contributed by atoms with Gasteiger partial charge in [-0.25, -0.2) is 13.4 Å². The Balaban J connectivity index is 1.34. The Morgan fingerprint density at radius 2 is 1.90 bits per heavy atom. The van der Waals surface area contributed by atoms with Crippen LogP contribution < -0.4 is 4.90 Å². The molecule has 0 saturated carbocycles. The zero-order valence-electron chi connectivity index (χ0n) is 22.5. The molecule has 39 heavy (non-hydrogen) atoms. The number of aryl methyl sites for hydroxylation is 1. The van der Waals surface area contributed by atoms with E-state index >= 15 is 0 Å². The number of rotatable bonds is 10. The standard InChI is InChI=1S/C28H36N4O5S2/c1-21-6-3-8-25-26(21)29-28(38-25)32(14-5-13-31-15-18-36-19-16-31)27(33)22-9-11-24(12-10-22)39(34,35)30(2)20-23-7-4-17-37-23/h3,6,8-12,23H,4-5,7,13-20H2,1-2H3. The largest absolute Gasteiger partial charge is 0.379 e. The number of benzene rings is 2. The molecule has 2 saturated heterocycles. The number of aromatic nitrogens is 1. The Labute approximate surface area is 234 Å². The van der Waals surface area contributed by atoms with Crippen LogP contribution in [0.4, 0.5) is 5.13 Å². The quantitative estimate of drug-likeness (QED) is 0.365. The topological polar surface area (TPSA) is 92.3 Å². The van der Waals surface area contributed by atoms with E-state index in [1.807, 2.05) is 25.1 Å². The molecule has 2 aromatic carbocycles. The van der Waals surface area contributed by atoms with Crippen LogP contribution in [0.1, 0.15) is 35.2 Å². The third-order valence-electron chi connectivity index (χ3n) is 7.34. The maximum Gasteiger partial charge on any atom is 0.260 e. The number of carbonyl (C=O) groups excluding carboxylic acids is 1. The summed E-state index contributed by atoms with van der Waals surface area (Å²) in [5.74, 6) is -0.189. The molecule has 210 valence electrons. The molecule has 0 radical (unpaired) electrons. The van der Waals surface area contributed by atoms with Gasteiger partial charge in [0.1, 0.15) is 0 Å². The first-order chi connectivity index (χ1) is 18.8. The number of para-hydroxylation sites is 1. The van der Waals surface area contributed by atoms with Crippen molar-refractivity contribution in [2.45, 2.75) is 37.2 Å². The SMILES string of the molecule is Cc1cccc2sc(N(CCCN3CCOCC3)C(=O)c3ccc(S(=O)(=O)N(C)CC4CCCO4)cc3)nc12. The lowest BCUT2D eigenvalue weighted by Gasteiger charge is -2.27. The minimum atomic E-state index is -3.69. The molecule has 0 spiro atoms. The normalized spacial score (nSPS) is 18.7. The fraction of sp³-hybridized carbons (Fsp3) is 0.500. The molecule has 1 atom stereocenters. The van der Waals surface area contributed by atoms with E-state index in [-0.39, 0.29) is 16.9 Å². The fourth-order valence-electron chi connectivity index (χ4n) is 5.03. The van der Waals surface area contributed by atoms with Crippen LogP contribution in [-0.4, -0.2) is 94.2 Å². The molecule has 9 nitrogen and oxygen atoms in total. The zero-order valence-corrected chi connectivity index (χ0v) is 24.2. The maximum atomic E-state index is 13.8. The van der Waals surface area contributed by atoms with Gasteiger partial charge in [0, 0.05) is 51.9 Å². The number of hydrogen-bond acceptors (Lipinski definition) is 8. The highest BCUT2D eigenvalue weighted by molar-refractivity contribution is 7.89. The molecule has 5 rings (SSSR count). The van der Waals surface area contributed by atoms with Crippen LogP contribution in [0.15, 0.2) is 47.4 Å². The van der Waals surface area contributed by atoms with Crippen LogP contribution in [0.25, 0.3) is 10.2 Å². The smallest absolute Gasteiger partial charge is 0.260 e. The highest BCUT2D eigenvalue weighted by Crippen LogP contribution is 2.32. The number of morpholine rings is 1. The van der Waals surface area contributed by atoms with Gasteiger partial charge in [-0.2, -0.15) is 4.31 Å². The lowest BCUT2D eigenvalue weighted by Crippen LogP contribution is -2.39. The number of ether oxygens (including phenoxy) is 2. The summed E-state index contributed by atoms with van der Waals surface area (Å²) in [6.07, 6.45) is 2.53. The fourth-order valence-corrected chi connectivity index (χ4v) is 7.30. The predicted octanol–water partition coefficient (Wildman–Crippen LogP) is 3.77. The Hall–Kier alpha value is -2.41. The van der Waals surface area contributed by atoms with Gasteiger partial charge in [-0.15, -0.1) is 0 Å². The summed E-state index contributed by atoms with van der Waals surface area (Å²) in [6, 6.07) is 12.3. The van der Waals surface area contributed by atoms with Gasteiger partial charge in [-0.05, 0) is 62.1 Å². The third kappa shape index (κ3) is 6.50. The molecule has 1 aromatic heterocycles. The summed E-state index contributed by atoms with van der Waals surface area (Å²) in [7, 11) is -2.12. The molecule has 2 aliphatic rings. The van der Waals surface area contributed by atoms with E-state index in [1.54, 1.807) is 24.1 Å². The number of carbonyl (C=O) groups is 1. The van der Waals surface area contributed by atoms with Gasteiger partial charge in [0.25, 0.3) is 5.91 Å². The molecule has 11 heteroatoms. The van der Waals surface area contributed by atoms with E-state index in [0.717, 1.165) is 67.9 Å². The first-order valence-electron chi connectivity index (χ1n) is 13.5. The van der Waals surface area contributed by atoms with Gasteiger partial charge in [0.2, 0.25) is 10.0 Å². The van der Waals surface area contributed by atoms with Gasteiger partial charge in [-0.1, -0.05) is 23.5 Å². The molecule has 0 N–H and O–H groups in total. The Morgan fingerprint density at radius 3 is 2.59 bits per heavy atom. The molecule has 3 heterocycles. The van der Waals surface area contributed by atoms with Crippen LogP contribution in [0.3, 0.4) is 0 Å². The molecular formula is C28H36N4O5S2. The van der Waals surface area contributed by atoms with E-state index in [4.69, 9.17) is 14.5 Å². The second-order valence-corrected chi connectivity index (χ2v) is 13.2. The van der Waals surface area contributed by atoms with Gasteiger partial charge < -0.3 is 9.47 Å². The maximum absolute atomic E-state index is 13.8. The van der Waals surface area contributed by atoms with Crippen LogP contribution in [0.2, 0.25) is 0 Å². The number of sulfonamides is 1. The van der Waals surface area contributed by atoms with Crippen molar-refractivity contribution in [1.29, 1.82) is 0 Å². The lowest BCUT2D eigenvalue weighted by atomic mass is 10.2. The molecule has 3 aromatic rings. The second-order valence-electron chi connectivity index (χ2n) is 10.1. The molecule has 2 aliphatic heterocycles. The van der Waals surface area contributed by atoms with Crippen LogP contribution >= 0.6 is 11.3 Å².